The van der Waals surface area contributed by atoms with Gasteiger partial charge >= 0.3 is 0 Å². The second kappa shape index (κ2) is 6.71. The van der Waals surface area contributed by atoms with E-state index < -0.39 is 0 Å². The molecule has 0 aliphatic carbocycles. The number of methoxy groups -OCH3 is 1. The highest BCUT2D eigenvalue weighted by Gasteiger charge is 2.19. The highest BCUT2D eigenvalue weighted by Crippen LogP contribution is 2.30. The van der Waals surface area contributed by atoms with Crippen molar-refractivity contribution >= 4 is 17.3 Å². The monoisotopic (exact) mass is 328 g/mol. The van der Waals surface area contributed by atoms with Crippen LogP contribution in [0.5, 0.6) is 5.75 Å². The van der Waals surface area contributed by atoms with Crippen LogP contribution in [0.3, 0.4) is 0 Å². The first-order valence-corrected chi connectivity index (χ1v) is 7.54. The molecule has 1 aromatic carbocycles. The van der Waals surface area contributed by atoms with Gasteiger partial charge in [0.2, 0.25) is 0 Å². The molecule has 5 nitrogen and oxygen atoms in total. The van der Waals surface area contributed by atoms with Gasteiger partial charge in [-0.2, -0.15) is 0 Å². The second-order valence-corrected chi connectivity index (χ2v) is 5.51. The van der Waals surface area contributed by atoms with Crippen LogP contribution in [-0.2, 0) is 7.05 Å². The number of benzene rings is 1. The Morgan fingerprint density at radius 2 is 2.13 bits per heavy atom. The van der Waals surface area contributed by atoms with E-state index in [-0.39, 0.29) is 6.04 Å². The summed E-state index contributed by atoms with van der Waals surface area (Å²) in [6.45, 7) is 0. The van der Waals surface area contributed by atoms with Crippen LogP contribution >= 0.6 is 11.6 Å². The summed E-state index contributed by atoms with van der Waals surface area (Å²) in [5.74, 6) is 1.68. The van der Waals surface area contributed by atoms with Gasteiger partial charge < -0.3 is 14.6 Å². The summed E-state index contributed by atoms with van der Waals surface area (Å²) < 4.78 is 7.31. The summed E-state index contributed by atoms with van der Waals surface area (Å²) in [4.78, 5) is 8.49. The fourth-order valence-corrected chi connectivity index (χ4v) is 2.59. The molecular weight excluding hydrogens is 312 g/mol. The molecule has 118 valence electrons. The molecule has 3 aromatic rings. The maximum Gasteiger partial charge on any atom is 0.135 e. The second-order valence-electron chi connectivity index (χ2n) is 5.11. The van der Waals surface area contributed by atoms with Gasteiger partial charge in [0.05, 0.1) is 17.8 Å². The number of anilines is 1. The fraction of sp³-hybridized carbons (Fsp3) is 0.176. The first-order chi connectivity index (χ1) is 11.2. The zero-order chi connectivity index (χ0) is 16.2. The normalized spacial score (nSPS) is 12.0. The van der Waals surface area contributed by atoms with Crippen LogP contribution < -0.4 is 10.1 Å². The molecule has 0 fully saturated rings. The van der Waals surface area contributed by atoms with Crippen LogP contribution in [-0.4, -0.2) is 21.6 Å². The smallest absolute Gasteiger partial charge is 0.135 e. The molecule has 2 heterocycles. The number of imidazole rings is 1. The molecule has 0 radical (unpaired) electrons. The van der Waals surface area contributed by atoms with Crippen molar-refractivity contribution in [2.45, 2.75) is 6.04 Å². The van der Waals surface area contributed by atoms with Crippen LogP contribution in [0.15, 0.2) is 55.1 Å². The molecule has 1 N–H and O–H groups in total. The lowest BCUT2D eigenvalue weighted by atomic mass is 10.1. The van der Waals surface area contributed by atoms with Crippen molar-refractivity contribution < 1.29 is 4.74 Å². The number of hydrogen-bond acceptors (Lipinski definition) is 4. The van der Waals surface area contributed by atoms with E-state index in [1.54, 1.807) is 25.7 Å². The zero-order valence-electron chi connectivity index (χ0n) is 12.9. The lowest BCUT2D eigenvalue weighted by molar-refractivity contribution is 0.414. The van der Waals surface area contributed by atoms with E-state index in [9.17, 15) is 0 Å². The maximum absolute atomic E-state index is 6.24. The number of rotatable bonds is 5. The summed E-state index contributed by atoms with van der Waals surface area (Å²) in [5, 5.41) is 4.01. The third kappa shape index (κ3) is 3.29. The van der Waals surface area contributed by atoms with Crippen LogP contribution in [0.4, 0.5) is 5.69 Å². The lowest BCUT2D eigenvalue weighted by Crippen LogP contribution is -2.17. The quantitative estimate of drug-likeness (QED) is 0.776. The summed E-state index contributed by atoms with van der Waals surface area (Å²) in [5.41, 5.74) is 1.84. The summed E-state index contributed by atoms with van der Waals surface area (Å²) in [6.07, 6.45) is 7.01. The van der Waals surface area contributed by atoms with Gasteiger partial charge in [-0.15, -0.1) is 0 Å². The molecule has 1 atom stereocenters. The van der Waals surface area contributed by atoms with E-state index >= 15 is 0 Å². The van der Waals surface area contributed by atoms with Crippen molar-refractivity contribution in [3.05, 3.63) is 71.5 Å². The van der Waals surface area contributed by atoms with Gasteiger partial charge in [0.1, 0.15) is 17.6 Å². The van der Waals surface area contributed by atoms with Crippen LogP contribution in [0.2, 0.25) is 5.02 Å². The number of halogens is 1. The van der Waals surface area contributed by atoms with Gasteiger partial charge in [0.15, 0.2) is 0 Å². The van der Waals surface area contributed by atoms with Crippen molar-refractivity contribution in [2.24, 2.45) is 7.05 Å². The summed E-state index contributed by atoms with van der Waals surface area (Å²) >= 11 is 6.24. The fourth-order valence-electron chi connectivity index (χ4n) is 2.42. The van der Waals surface area contributed by atoms with Gasteiger partial charge in [-0.1, -0.05) is 23.7 Å². The van der Waals surface area contributed by atoms with Gasteiger partial charge in [-0.3, -0.25) is 4.98 Å². The average Bonchev–Trinajstić information content (AvgIpc) is 3.00. The van der Waals surface area contributed by atoms with Gasteiger partial charge in [-0.05, 0) is 23.8 Å². The molecule has 2 aromatic heterocycles. The Hall–Kier alpha value is -2.53. The molecule has 0 spiro atoms. The Bertz CT molecular complexity index is 803. The maximum atomic E-state index is 6.24. The number of ether oxygens (including phenoxy) is 1. The third-order valence-corrected chi connectivity index (χ3v) is 3.92. The van der Waals surface area contributed by atoms with E-state index in [2.05, 4.69) is 15.3 Å². The van der Waals surface area contributed by atoms with Crippen LogP contribution in [0.1, 0.15) is 17.4 Å². The van der Waals surface area contributed by atoms with E-state index in [0.29, 0.717) is 5.02 Å². The molecule has 0 aliphatic heterocycles. The first-order valence-electron chi connectivity index (χ1n) is 7.16. The van der Waals surface area contributed by atoms with Crippen LogP contribution in [0.25, 0.3) is 0 Å². The molecular formula is C17H17ClN4O. The van der Waals surface area contributed by atoms with E-state index in [4.69, 9.17) is 16.3 Å². The number of pyridine rings is 1. The topological polar surface area (TPSA) is 52.0 Å². The Kier molecular flexibility index (Phi) is 4.48. The molecule has 23 heavy (non-hydrogen) atoms. The molecule has 6 heteroatoms. The van der Waals surface area contributed by atoms with Crippen LogP contribution in [0, 0.1) is 0 Å². The molecule has 0 saturated carbocycles. The number of aromatic nitrogens is 3. The number of nitrogens with zero attached hydrogens (tertiary/aromatic N) is 3. The predicted octanol–water partition coefficient (Wildman–Crippen LogP) is 3.68. The molecule has 0 aliphatic rings. The Labute approximate surface area is 139 Å². The van der Waals surface area contributed by atoms with E-state index in [1.807, 2.05) is 48.1 Å². The number of hydrogen-bond donors (Lipinski definition) is 1. The number of nitrogens with one attached hydrogen (secondary N) is 1. The van der Waals surface area contributed by atoms with Gasteiger partial charge in [-0.25, -0.2) is 4.98 Å². The minimum Gasteiger partial charge on any atom is -0.497 e. The third-order valence-electron chi connectivity index (χ3n) is 3.62. The minimum absolute atomic E-state index is 0.162. The van der Waals surface area contributed by atoms with E-state index in [1.165, 1.54) is 0 Å². The van der Waals surface area contributed by atoms with Crippen molar-refractivity contribution in [1.29, 1.82) is 0 Å². The Morgan fingerprint density at radius 1 is 1.26 bits per heavy atom. The molecule has 0 saturated heterocycles. The van der Waals surface area contributed by atoms with Crippen molar-refractivity contribution in [2.75, 3.05) is 12.4 Å². The lowest BCUT2D eigenvalue weighted by Gasteiger charge is -2.21. The largest absolute Gasteiger partial charge is 0.497 e. The Balaban J connectivity index is 2.04. The Morgan fingerprint density at radius 3 is 2.83 bits per heavy atom. The SMILES string of the molecule is COc1cccc(C(Nc2ccncc2Cl)c2nccn2C)c1. The van der Waals surface area contributed by atoms with Crippen molar-refractivity contribution in [3.63, 3.8) is 0 Å². The van der Waals surface area contributed by atoms with Gasteiger partial charge in [0, 0.05) is 31.8 Å². The van der Waals surface area contributed by atoms with Crippen molar-refractivity contribution in [3.8, 4) is 5.75 Å². The highest BCUT2D eigenvalue weighted by atomic mass is 35.5. The van der Waals surface area contributed by atoms with Gasteiger partial charge in [0.25, 0.3) is 0 Å². The standard InChI is InChI=1S/C17H17ClN4O/c1-22-9-8-20-17(22)16(12-4-3-5-13(10-12)23-2)21-15-6-7-19-11-14(15)18/h3-11,16H,1-2H3,(H,19,21). The highest BCUT2D eigenvalue weighted by molar-refractivity contribution is 6.33. The molecule has 3 rings (SSSR count). The number of aryl methyl sites for hydroxylation is 1. The summed E-state index contributed by atoms with van der Waals surface area (Å²) in [7, 11) is 3.62. The minimum atomic E-state index is -0.162. The van der Waals surface area contributed by atoms with E-state index in [0.717, 1.165) is 22.8 Å². The molecule has 0 bridgehead atoms. The van der Waals surface area contributed by atoms with Crippen molar-refractivity contribution in [1.82, 2.24) is 14.5 Å². The molecule has 1 unspecified atom stereocenters. The predicted molar refractivity (Wildman–Crippen MR) is 90.9 cm³/mol. The first kappa shape index (κ1) is 15.4. The molecule has 0 amide bonds. The zero-order valence-corrected chi connectivity index (χ0v) is 13.7. The summed E-state index contributed by atoms with van der Waals surface area (Å²) in [6, 6.07) is 9.58. The average molecular weight is 329 g/mol.